The summed E-state index contributed by atoms with van der Waals surface area (Å²) in [7, 11) is 0. The highest BCUT2D eigenvalue weighted by molar-refractivity contribution is 8.00. The monoisotopic (exact) mass is 146 g/mol. The molecule has 0 amide bonds. The summed E-state index contributed by atoms with van der Waals surface area (Å²) < 4.78 is 0.425. The van der Waals surface area contributed by atoms with Gasteiger partial charge in [-0.1, -0.05) is 0 Å². The number of rotatable bonds is 2. The van der Waals surface area contributed by atoms with Crippen molar-refractivity contribution >= 4 is 11.8 Å². The van der Waals surface area contributed by atoms with Crippen molar-refractivity contribution in [3.63, 3.8) is 0 Å². The standard InChI is InChI=1S/C6H14N2S/c1-6(5-8-7)3-2-4-9-6/h8H,2-5,7H2,1H3. The Morgan fingerprint density at radius 1 is 1.78 bits per heavy atom. The SMILES string of the molecule is CC1(CNN)CCCS1. The molecule has 0 aromatic rings. The fraction of sp³-hybridized carbons (Fsp3) is 1.00. The lowest BCUT2D eigenvalue weighted by Gasteiger charge is -2.20. The highest BCUT2D eigenvalue weighted by Gasteiger charge is 2.28. The van der Waals surface area contributed by atoms with Crippen LogP contribution in [0.25, 0.3) is 0 Å². The lowest BCUT2D eigenvalue weighted by atomic mass is 10.1. The molecule has 3 N–H and O–H groups in total. The van der Waals surface area contributed by atoms with Gasteiger partial charge in [0.2, 0.25) is 0 Å². The summed E-state index contributed by atoms with van der Waals surface area (Å²) in [4.78, 5) is 0. The minimum atomic E-state index is 0.425. The van der Waals surface area contributed by atoms with E-state index >= 15 is 0 Å². The zero-order chi connectivity index (χ0) is 6.74. The highest BCUT2D eigenvalue weighted by Crippen LogP contribution is 2.36. The van der Waals surface area contributed by atoms with Crippen molar-refractivity contribution in [1.82, 2.24) is 5.43 Å². The molecule has 1 saturated heterocycles. The van der Waals surface area contributed by atoms with E-state index in [1.165, 1.54) is 18.6 Å². The molecule has 0 aromatic heterocycles. The molecule has 0 spiro atoms. The Balaban J connectivity index is 2.32. The number of hydrogen-bond acceptors (Lipinski definition) is 3. The topological polar surface area (TPSA) is 38.0 Å². The second-order valence-corrected chi connectivity index (χ2v) is 4.47. The second kappa shape index (κ2) is 2.90. The zero-order valence-electron chi connectivity index (χ0n) is 5.81. The highest BCUT2D eigenvalue weighted by atomic mass is 32.2. The summed E-state index contributed by atoms with van der Waals surface area (Å²) in [6.45, 7) is 3.21. The maximum atomic E-state index is 5.23. The van der Waals surface area contributed by atoms with Crippen LogP contribution in [0.5, 0.6) is 0 Å². The molecule has 1 rings (SSSR count). The van der Waals surface area contributed by atoms with Gasteiger partial charge < -0.3 is 0 Å². The average molecular weight is 146 g/mol. The maximum Gasteiger partial charge on any atom is 0.0270 e. The van der Waals surface area contributed by atoms with Crippen LogP contribution in [0.1, 0.15) is 19.8 Å². The molecule has 0 radical (unpaired) electrons. The van der Waals surface area contributed by atoms with Gasteiger partial charge >= 0.3 is 0 Å². The molecule has 1 atom stereocenters. The molecule has 1 aliphatic rings. The lowest BCUT2D eigenvalue weighted by molar-refractivity contribution is 0.549. The van der Waals surface area contributed by atoms with Crippen molar-refractivity contribution in [2.75, 3.05) is 12.3 Å². The lowest BCUT2D eigenvalue weighted by Crippen LogP contribution is -2.36. The van der Waals surface area contributed by atoms with E-state index in [4.69, 9.17) is 5.84 Å². The molecule has 0 aromatic carbocycles. The molecule has 54 valence electrons. The van der Waals surface area contributed by atoms with Gasteiger partial charge in [0.25, 0.3) is 0 Å². The van der Waals surface area contributed by atoms with Crippen LogP contribution in [-0.4, -0.2) is 17.0 Å². The van der Waals surface area contributed by atoms with E-state index in [1.54, 1.807) is 0 Å². The van der Waals surface area contributed by atoms with E-state index in [0.29, 0.717) is 4.75 Å². The fourth-order valence-corrected chi connectivity index (χ4v) is 2.45. The van der Waals surface area contributed by atoms with Gasteiger partial charge in [0, 0.05) is 11.3 Å². The summed E-state index contributed by atoms with van der Waals surface area (Å²) in [5.74, 6) is 6.53. The van der Waals surface area contributed by atoms with E-state index in [9.17, 15) is 0 Å². The van der Waals surface area contributed by atoms with Crippen LogP contribution in [-0.2, 0) is 0 Å². The third kappa shape index (κ3) is 1.85. The Morgan fingerprint density at radius 3 is 3.00 bits per heavy atom. The Kier molecular flexibility index (Phi) is 2.38. The first-order valence-corrected chi connectivity index (χ1v) is 4.33. The average Bonchev–Trinajstić information content (AvgIpc) is 2.16. The first-order chi connectivity index (χ1) is 4.27. The van der Waals surface area contributed by atoms with Crippen LogP contribution in [0.2, 0.25) is 0 Å². The summed E-state index contributed by atoms with van der Waals surface area (Å²) in [6, 6.07) is 0. The van der Waals surface area contributed by atoms with E-state index in [1.807, 2.05) is 11.8 Å². The van der Waals surface area contributed by atoms with Gasteiger partial charge in [-0.25, -0.2) is 0 Å². The predicted octanol–water partition coefficient (Wildman–Crippen LogP) is 0.735. The molecular weight excluding hydrogens is 132 g/mol. The van der Waals surface area contributed by atoms with Crippen molar-refractivity contribution in [2.24, 2.45) is 5.84 Å². The Labute approximate surface area is 60.5 Å². The number of nitrogens with one attached hydrogen (secondary N) is 1. The molecule has 2 nitrogen and oxygen atoms in total. The minimum Gasteiger partial charge on any atom is -0.271 e. The summed E-state index contributed by atoms with van der Waals surface area (Å²) in [5.41, 5.74) is 2.73. The fourth-order valence-electron chi connectivity index (χ4n) is 1.19. The van der Waals surface area contributed by atoms with Crippen molar-refractivity contribution in [3.8, 4) is 0 Å². The van der Waals surface area contributed by atoms with Crippen LogP contribution >= 0.6 is 11.8 Å². The van der Waals surface area contributed by atoms with E-state index in [2.05, 4.69) is 12.3 Å². The number of hydrazine groups is 1. The van der Waals surface area contributed by atoms with Gasteiger partial charge in [-0.3, -0.25) is 11.3 Å². The van der Waals surface area contributed by atoms with Crippen LogP contribution in [0.4, 0.5) is 0 Å². The molecule has 1 unspecified atom stereocenters. The summed E-state index contributed by atoms with van der Waals surface area (Å²) in [5, 5.41) is 0. The smallest absolute Gasteiger partial charge is 0.0270 e. The van der Waals surface area contributed by atoms with Gasteiger partial charge in [0.05, 0.1) is 0 Å². The van der Waals surface area contributed by atoms with Gasteiger partial charge in [0.15, 0.2) is 0 Å². The van der Waals surface area contributed by atoms with Crippen LogP contribution in [0, 0.1) is 0 Å². The largest absolute Gasteiger partial charge is 0.271 e. The van der Waals surface area contributed by atoms with Gasteiger partial charge in [0.1, 0.15) is 0 Å². The molecular formula is C6H14N2S. The van der Waals surface area contributed by atoms with Crippen molar-refractivity contribution < 1.29 is 0 Å². The Hall–Kier alpha value is 0.270. The molecule has 0 aliphatic carbocycles. The summed E-state index contributed by atoms with van der Waals surface area (Å²) in [6.07, 6.45) is 2.66. The van der Waals surface area contributed by atoms with E-state index in [-0.39, 0.29) is 0 Å². The molecule has 1 aliphatic heterocycles. The first-order valence-electron chi connectivity index (χ1n) is 3.34. The second-order valence-electron chi connectivity index (χ2n) is 2.78. The number of thioether (sulfide) groups is 1. The quantitative estimate of drug-likeness (QED) is 0.445. The molecule has 9 heavy (non-hydrogen) atoms. The van der Waals surface area contributed by atoms with Crippen LogP contribution in [0.3, 0.4) is 0 Å². The van der Waals surface area contributed by atoms with Gasteiger partial charge in [-0.2, -0.15) is 11.8 Å². The van der Waals surface area contributed by atoms with Crippen molar-refractivity contribution in [1.29, 1.82) is 0 Å². The molecule has 0 saturated carbocycles. The normalized spacial score (nSPS) is 35.3. The summed E-state index contributed by atoms with van der Waals surface area (Å²) >= 11 is 2.03. The molecule has 1 fully saturated rings. The molecule has 0 bridgehead atoms. The van der Waals surface area contributed by atoms with E-state index < -0.39 is 0 Å². The third-order valence-electron chi connectivity index (χ3n) is 1.78. The van der Waals surface area contributed by atoms with Crippen molar-refractivity contribution in [3.05, 3.63) is 0 Å². The number of nitrogens with two attached hydrogens (primary N) is 1. The Morgan fingerprint density at radius 2 is 2.56 bits per heavy atom. The van der Waals surface area contributed by atoms with Gasteiger partial charge in [-0.15, -0.1) is 0 Å². The zero-order valence-corrected chi connectivity index (χ0v) is 6.63. The predicted molar refractivity (Wildman–Crippen MR) is 42.3 cm³/mol. The molecule has 3 heteroatoms. The third-order valence-corrected chi connectivity index (χ3v) is 3.31. The number of hydrogen-bond donors (Lipinski definition) is 2. The van der Waals surface area contributed by atoms with Crippen LogP contribution < -0.4 is 11.3 Å². The first kappa shape index (κ1) is 7.38. The minimum absolute atomic E-state index is 0.425. The Bertz CT molecular complexity index is 89.1. The van der Waals surface area contributed by atoms with Crippen molar-refractivity contribution in [2.45, 2.75) is 24.5 Å². The molecule has 1 heterocycles. The van der Waals surface area contributed by atoms with Gasteiger partial charge in [-0.05, 0) is 25.5 Å². The van der Waals surface area contributed by atoms with Crippen LogP contribution in [0.15, 0.2) is 0 Å². The maximum absolute atomic E-state index is 5.23. The van der Waals surface area contributed by atoms with E-state index in [0.717, 1.165) is 6.54 Å².